The highest BCUT2D eigenvalue weighted by atomic mass is 16.2. The molecule has 0 heterocycles. The Hall–Kier alpha value is -1.84. The third-order valence-electron chi connectivity index (χ3n) is 4.56. The fourth-order valence-corrected chi connectivity index (χ4v) is 3.01. The zero-order chi connectivity index (χ0) is 16.8. The molecule has 2 N–H and O–H groups in total. The third kappa shape index (κ3) is 5.08. The number of carbonyl (C=O) groups excluding carboxylic acids is 2. The van der Waals surface area contributed by atoms with Crippen LogP contribution in [0.5, 0.6) is 0 Å². The number of hydrogen-bond donors (Lipinski definition) is 2. The van der Waals surface area contributed by atoms with Crippen molar-refractivity contribution in [2.75, 3.05) is 11.9 Å². The van der Waals surface area contributed by atoms with Gasteiger partial charge < -0.3 is 10.6 Å². The van der Waals surface area contributed by atoms with Crippen LogP contribution in [0.4, 0.5) is 5.69 Å². The Balaban J connectivity index is 1.81. The number of amides is 2. The zero-order valence-corrected chi connectivity index (χ0v) is 14.4. The van der Waals surface area contributed by atoms with Crippen LogP contribution in [0.2, 0.25) is 0 Å². The molecule has 0 unspecified atom stereocenters. The van der Waals surface area contributed by atoms with E-state index in [-0.39, 0.29) is 23.7 Å². The van der Waals surface area contributed by atoms with Gasteiger partial charge >= 0.3 is 0 Å². The van der Waals surface area contributed by atoms with Crippen molar-refractivity contribution in [2.45, 2.75) is 46.5 Å². The van der Waals surface area contributed by atoms with E-state index in [1.807, 2.05) is 31.2 Å². The summed E-state index contributed by atoms with van der Waals surface area (Å²) in [5.74, 6) is 0.784. The van der Waals surface area contributed by atoms with E-state index in [0.717, 1.165) is 43.5 Å². The van der Waals surface area contributed by atoms with Crippen molar-refractivity contribution in [2.24, 2.45) is 17.8 Å². The van der Waals surface area contributed by atoms with Crippen molar-refractivity contribution < 1.29 is 9.59 Å². The molecule has 1 aliphatic rings. The largest absolute Gasteiger partial charge is 0.356 e. The molecule has 4 nitrogen and oxygen atoms in total. The molecule has 1 aromatic carbocycles. The van der Waals surface area contributed by atoms with Crippen molar-refractivity contribution in [3.05, 3.63) is 29.8 Å². The highest BCUT2D eigenvalue weighted by Gasteiger charge is 2.30. The Bertz CT molecular complexity index is 546. The van der Waals surface area contributed by atoms with Gasteiger partial charge in [0.15, 0.2) is 0 Å². The lowest BCUT2D eigenvalue weighted by molar-refractivity contribution is -0.128. The Morgan fingerprint density at radius 1 is 1.04 bits per heavy atom. The summed E-state index contributed by atoms with van der Waals surface area (Å²) in [6.45, 7) is 6.90. The van der Waals surface area contributed by atoms with E-state index < -0.39 is 0 Å². The summed E-state index contributed by atoms with van der Waals surface area (Å²) in [5.41, 5.74) is 1.96. The van der Waals surface area contributed by atoms with E-state index in [2.05, 4.69) is 24.5 Å². The second-order valence-corrected chi connectivity index (χ2v) is 6.99. The number of nitrogens with one attached hydrogen (secondary N) is 2. The van der Waals surface area contributed by atoms with E-state index in [9.17, 15) is 9.59 Å². The molecule has 126 valence electrons. The lowest BCUT2D eigenvalue weighted by atomic mass is 9.81. The first kappa shape index (κ1) is 17.5. The van der Waals surface area contributed by atoms with E-state index in [1.165, 1.54) is 0 Å². The van der Waals surface area contributed by atoms with Gasteiger partial charge in [-0.2, -0.15) is 0 Å². The maximum atomic E-state index is 12.4. The van der Waals surface area contributed by atoms with Crippen LogP contribution in [0.3, 0.4) is 0 Å². The van der Waals surface area contributed by atoms with Gasteiger partial charge in [0, 0.05) is 24.1 Å². The van der Waals surface area contributed by atoms with Crippen LogP contribution in [0.25, 0.3) is 0 Å². The van der Waals surface area contributed by atoms with Crippen LogP contribution < -0.4 is 10.6 Å². The minimum atomic E-state index is 0.0174. The molecule has 23 heavy (non-hydrogen) atoms. The second-order valence-electron chi connectivity index (χ2n) is 6.99. The molecule has 0 saturated heterocycles. The minimum Gasteiger partial charge on any atom is -0.356 e. The van der Waals surface area contributed by atoms with Crippen LogP contribution in [-0.4, -0.2) is 18.4 Å². The third-order valence-corrected chi connectivity index (χ3v) is 4.56. The number of para-hydroxylation sites is 1. The quantitative estimate of drug-likeness (QED) is 0.873. The smallest absolute Gasteiger partial charge is 0.227 e. The molecule has 1 saturated carbocycles. The average molecular weight is 316 g/mol. The van der Waals surface area contributed by atoms with Crippen LogP contribution in [0.1, 0.15) is 45.1 Å². The summed E-state index contributed by atoms with van der Waals surface area (Å²) in [7, 11) is 0. The normalized spacial score (nSPS) is 21.0. The SMILES string of the molecule is Cc1ccccc1NC(=O)C1CCC(C(=O)NCC(C)C)CC1. The molecule has 0 spiro atoms. The summed E-state index contributed by atoms with van der Waals surface area (Å²) in [5, 5.41) is 6.03. The van der Waals surface area contributed by atoms with Gasteiger partial charge in [-0.15, -0.1) is 0 Å². The molecule has 2 amide bonds. The van der Waals surface area contributed by atoms with E-state index in [0.29, 0.717) is 5.92 Å². The number of carbonyl (C=O) groups is 2. The molecule has 4 heteroatoms. The molecular weight excluding hydrogens is 288 g/mol. The van der Waals surface area contributed by atoms with Gasteiger partial charge in [-0.25, -0.2) is 0 Å². The fourth-order valence-electron chi connectivity index (χ4n) is 3.01. The Labute approximate surface area is 139 Å². The van der Waals surface area contributed by atoms with Gasteiger partial charge in [0.2, 0.25) is 11.8 Å². The van der Waals surface area contributed by atoms with Crippen molar-refractivity contribution in [1.82, 2.24) is 5.32 Å². The summed E-state index contributed by atoms with van der Waals surface area (Å²) in [4.78, 5) is 24.5. The van der Waals surface area contributed by atoms with Crippen LogP contribution in [0, 0.1) is 24.7 Å². The molecule has 1 aromatic rings. The van der Waals surface area contributed by atoms with Crippen molar-refractivity contribution in [1.29, 1.82) is 0 Å². The molecule has 0 aliphatic heterocycles. The number of aryl methyl sites for hydroxylation is 1. The standard InChI is InChI=1S/C19H28N2O2/c1-13(2)12-20-18(22)15-8-10-16(11-9-15)19(23)21-17-7-5-4-6-14(17)3/h4-7,13,15-16H,8-12H2,1-3H3,(H,20,22)(H,21,23). The first-order chi connectivity index (χ1) is 11.0. The topological polar surface area (TPSA) is 58.2 Å². The van der Waals surface area contributed by atoms with Gasteiger partial charge in [-0.1, -0.05) is 32.0 Å². The summed E-state index contributed by atoms with van der Waals surface area (Å²) in [6, 6.07) is 7.81. The van der Waals surface area contributed by atoms with Gasteiger partial charge in [0.1, 0.15) is 0 Å². The lowest BCUT2D eigenvalue weighted by Crippen LogP contribution is -2.37. The zero-order valence-electron chi connectivity index (χ0n) is 14.4. The summed E-state index contributed by atoms with van der Waals surface area (Å²) < 4.78 is 0. The Morgan fingerprint density at radius 3 is 2.17 bits per heavy atom. The maximum absolute atomic E-state index is 12.4. The lowest BCUT2D eigenvalue weighted by Gasteiger charge is -2.27. The number of rotatable bonds is 5. The Morgan fingerprint density at radius 2 is 1.61 bits per heavy atom. The Kier molecular flexibility index (Phi) is 6.20. The maximum Gasteiger partial charge on any atom is 0.227 e. The van der Waals surface area contributed by atoms with Gasteiger partial charge in [-0.3, -0.25) is 9.59 Å². The van der Waals surface area contributed by atoms with Gasteiger partial charge in [0.25, 0.3) is 0 Å². The van der Waals surface area contributed by atoms with Crippen molar-refractivity contribution in [3.63, 3.8) is 0 Å². The molecular formula is C19H28N2O2. The predicted octanol–water partition coefficient (Wildman–Crippen LogP) is 3.51. The monoisotopic (exact) mass is 316 g/mol. The molecule has 0 atom stereocenters. The molecule has 0 bridgehead atoms. The van der Waals surface area contributed by atoms with Crippen molar-refractivity contribution in [3.8, 4) is 0 Å². The highest BCUT2D eigenvalue weighted by molar-refractivity contribution is 5.93. The van der Waals surface area contributed by atoms with Crippen molar-refractivity contribution >= 4 is 17.5 Å². The van der Waals surface area contributed by atoms with Crippen LogP contribution >= 0.6 is 0 Å². The number of benzene rings is 1. The first-order valence-corrected chi connectivity index (χ1v) is 8.61. The molecule has 1 aliphatic carbocycles. The fraction of sp³-hybridized carbons (Fsp3) is 0.579. The molecule has 0 radical (unpaired) electrons. The molecule has 1 fully saturated rings. The minimum absolute atomic E-state index is 0.0174. The van der Waals surface area contributed by atoms with Crippen LogP contribution in [0.15, 0.2) is 24.3 Å². The molecule has 2 rings (SSSR count). The van der Waals surface area contributed by atoms with Gasteiger partial charge in [0.05, 0.1) is 0 Å². The predicted molar refractivity (Wildman–Crippen MR) is 93.1 cm³/mol. The highest BCUT2D eigenvalue weighted by Crippen LogP contribution is 2.30. The average Bonchev–Trinajstić information content (AvgIpc) is 2.54. The van der Waals surface area contributed by atoms with Crippen LogP contribution in [-0.2, 0) is 9.59 Å². The summed E-state index contributed by atoms with van der Waals surface area (Å²) >= 11 is 0. The number of anilines is 1. The summed E-state index contributed by atoms with van der Waals surface area (Å²) in [6.07, 6.45) is 3.18. The number of hydrogen-bond acceptors (Lipinski definition) is 2. The van der Waals surface area contributed by atoms with Gasteiger partial charge in [-0.05, 0) is 50.2 Å². The van der Waals surface area contributed by atoms with E-state index in [4.69, 9.17) is 0 Å². The van der Waals surface area contributed by atoms with E-state index in [1.54, 1.807) is 0 Å². The second kappa shape index (κ2) is 8.14. The van der Waals surface area contributed by atoms with E-state index >= 15 is 0 Å². The first-order valence-electron chi connectivity index (χ1n) is 8.61. The molecule has 0 aromatic heterocycles.